The van der Waals surface area contributed by atoms with Gasteiger partial charge >= 0.3 is 0 Å². The minimum Gasteiger partial charge on any atom is -0.380 e. The minimum absolute atomic E-state index is 0.368. The van der Waals surface area contributed by atoms with Crippen LogP contribution >= 0.6 is 0 Å². The molecule has 1 N–H and O–H groups in total. The molecule has 0 aliphatic carbocycles. The van der Waals surface area contributed by atoms with Crippen molar-refractivity contribution in [1.82, 2.24) is 0 Å². The summed E-state index contributed by atoms with van der Waals surface area (Å²) in [6, 6.07) is 3.43. The van der Waals surface area contributed by atoms with Crippen molar-refractivity contribution in [3.8, 4) is 0 Å². The summed E-state index contributed by atoms with van der Waals surface area (Å²) in [5, 5.41) is 12.9. The number of rotatable bonds is 8. The molecule has 3 aliphatic heterocycles. The summed E-state index contributed by atoms with van der Waals surface area (Å²) in [7, 11) is 0. The van der Waals surface area contributed by atoms with Gasteiger partial charge in [-0.3, -0.25) is 0 Å². The molecule has 3 aliphatic rings. The largest absolute Gasteiger partial charge is 0.380 e. The average molecular weight is 439 g/mol. The van der Waals surface area contributed by atoms with Gasteiger partial charge in [-0.15, -0.1) is 0 Å². The first-order chi connectivity index (χ1) is 19.8. The Morgan fingerprint density at radius 1 is 0.844 bits per heavy atom. The Morgan fingerprint density at radius 3 is 1.91 bits per heavy atom. The van der Waals surface area contributed by atoms with E-state index in [2.05, 4.69) is 0 Å². The Bertz CT molecular complexity index is 1380. The molecule has 0 atom stereocenters. The van der Waals surface area contributed by atoms with E-state index in [9.17, 15) is 5.11 Å². The lowest BCUT2D eigenvalue weighted by atomic mass is 9.56. The van der Waals surface area contributed by atoms with Gasteiger partial charge in [-0.1, -0.05) is 90.8 Å². The number of hydrogen-bond acceptors (Lipinski definition) is 2. The smallest absolute Gasteiger partial charge is 0.121 e. The molecule has 2 bridgehead atoms. The van der Waals surface area contributed by atoms with Crippen molar-refractivity contribution in [1.29, 1.82) is 0 Å². The van der Waals surface area contributed by atoms with Gasteiger partial charge in [-0.05, 0) is 16.7 Å². The zero-order chi connectivity index (χ0) is 30.6. The topological polar surface area (TPSA) is 29.5 Å². The molecule has 6 rings (SSSR count). The lowest BCUT2D eigenvalue weighted by Crippen LogP contribution is -2.67. The van der Waals surface area contributed by atoms with Gasteiger partial charge in [0.05, 0.1) is 46.6 Å². The summed E-state index contributed by atoms with van der Waals surface area (Å²) in [5.74, 6) is 0. The Balaban J connectivity index is 1.56. The van der Waals surface area contributed by atoms with Crippen LogP contribution in [-0.2, 0) is 16.9 Å². The highest BCUT2D eigenvalue weighted by atomic mass is 16.5. The lowest BCUT2D eigenvalue weighted by Gasteiger charge is -2.60. The molecule has 3 aromatic carbocycles. The Labute approximate surface area is 205 Å². The van der Waals surface area contributed by atoms with Gasteiger partial charge in [0, 0.05) is 24.7 Å². The highest BCUT2D eigenvalue weighted by Crippen LogP contribution is 2.57. The van der Waals surface area contributed by atoms with E-state index in [1.165, 1.54) is 0 Å². The number of piperidine rings is 3. The molecule has 3 nitrogen and oxygen atoms in total. The molecule has 3 heteroatoms. The minimum atomic E-state index is -2.44. The maximum atomic E-state index is 12.9. The van der Waals surface area contributed by atoms with Crippen LogP contribution < -0.4 is 0 Å². The monoisotopic (exact) mass is 438 g/mol. The van der Waals surface area contributed by atoms with Gasteiger partial charge in [0.2, 0.25) is 0 Å². The average Bonchev–Trinajstić information content (AvgIpc) is 3.00. The second kappa shape index (κ2) is 8.82. The van der Waals surface area contributed by atoms with Crippen LogP contribution in [0, 0.1) is 5.41 Å². The van der Waals surface area contributed by atoms with Crippen molar-refractivity contribution in [3.05, 3.63) is 107 Å². The molecule has 0 saturated carbocycles. The third-order valence-corrected chi connectivity index (χ3v) is 7.51. The fraction of sp³-hybridized carbons (Fsp3) is 0.379. The molecule has 3 fully saturated rings. The number of hydrogen-bond donors (Lipinski definition) is 1. The van der Waals surface area contributed by atoms with Crippen molar-refractivity contribution in [3.63, 3.8) is 0 Å². The summed E-state index contributed by atoms with van der Waals surface area (Å²) in [5.41, 5.74) is -3.37. The normalized spacial score (nSPS) is 29.4. The summed E-state index contributed by atoms with van der Waals surface area (Å²) < 4.78 is 91.0. The predicted octanol–water partition coefficient (Wildman–Crippen LogP) is 5.14. The van der Waals surface area contributed by atoms with Crippen LogP contribution in [0.4, 0.5) is 0 Å². The van der Waals surface area contributed by atoms with Crippen LogP contribution in [-0.4, -0.2) is 42.4 Å². The highest BCUT2D eigenvalue weighted by Gasteiger charge is 2.60. The van der Waals surface area contributed by atoms with Crippen molar-refractivity contribution < 1.29 is 28.0 Å². The first-order valence-electron chi connectivity index (χ1n) is 16.1. The molecule has 32 heavy (non-hydrogen) atoms. The van der Waals surface area contributed by atoms with E-state index in [0.717, 1.165) is 16.6 Å². The lowest BCUT2D eigenvalue weighted by molar-refractivity contribution is -0.946. The Kier molecular flexibility index (Phi) is 3.50. The van der Waals surface area contributed by atoms with Gasteiger partial charge in [-0.2, -0.15) is 0 Å². The molecule has 166 valence electrons. The van der Waals surface area contributed by atoms with Crippen LogP contribution in [0.15, 0.2) is 90.8 Å². The number of nitrogens with zero attached hydrogens (tertiary/aromatic N) is 1. The van der Waals surface area contributed by atoms with Gasteiger partial charge in [0.1, 0.15) is 12.1 Å². The standard InChI is InChI=1S/C29H34NO2/c31-29(26-12-6-2-7-13-26,27-14-8-3-9-15-27)28-16-19-30(20-17-28,21-18-28)22-23-32-24-25-10-4-1-5-11-25/h1-15,31H,16-24H2/q+1/i2D,3D,6D,7D,8D,9D,12D,13D,14D,15D. The van der Waals surface area contributed by atoms with Crippen LogP contribution in [0.5, 0.6) is 0 Å². The number of quaternary nitrogens is 1. The van der Waals surface area contributed by atoms with E-state index >= 15 is 0 Å². The van der Waals surface area contributed by atoms with Crippen molar-refractivity contribution in [2.45, 2.75) is 31.5 Å². The van der Waals surface area contributed by atoms with Crippen molar-refractivity contribution in [2.24, 2.45) is 5.41 Å². The quantitative estimate of drug-likeness (QED) is 0.390. The number of ether oxygens (including phenoxy) is 1. The second-order valence-electron chi connectivity index (χ2n) is 9.01. The third-order valence-electron chi connectivity index (χ3n) is 7.51. The van der Waals surface area contributed by atoms with Crippen LogP contribution in [0.2, 0.25) is 0 Å². The van der Waals surface area contributed by atoms with Gasteiger partial charge in [0.15, 0.2) is 0 Å². The molecule has 3 saturated heterocycles. The van der Waals surface area contributed by atoms with Crippen LogP contribution in [0.1, 0.15) is 49.7 Å². The number of benzene rings is 3. The molecule has 3 heterocycles. The first kappa shape index (κ1) is 12.7. The molecule has 0 radical (unpaired) electrons. The summed E-state index contributed by atoms with van der Waals surface area (Å²) in [4.78, 5) is 0. The van der Waals surface area contributed by atoms with E-state index < -0.39 is 82.6 Å². The van der Waals surface area contributed by atoms with E-state index in [1.54, 1.807) is 0 Å². The SMILES string of the molecule is [2H]c1c([2H])c([2H])c(C(O)(c2c([2H])c([2H])c([2H])c([2H])c2[2H])C23CC[N+](CCOCc4ccccc4)(CC2)CC3)c([2H])c1[2H]. The summed E-state index contributed by atoms with van der Waals surface area (Å²) in [6.45, 7) is 3.58. The zero-order valence-corrected chi connectivity index (χ0v) is 18.1. The Morgan fingerprint density at radius 2 is 1.38 bits per heavy atom. The third kappa shape index (κ3) is 3.79. The summed E-state index contributed by atoms with van der Waals surface area (Å²) >= 11 is 0. The molecular weight excluding hydrogens is 394 g/mol. The Hall–Kier alpha value is -2.46. The number of aliphatic hydroxyl groups is 1. The molecule has 3 aromatic rings. The first-order valence-corrected chi connectivity index (χ1v) is 11.1. The fourth-order valence-corrected chi connectivity index (χ4v) is 5.48. The molecule has 0 aromatic heterocycles. The second-order valence-corrected chi connectivity index (χ2v) is 9.01. The van der Waals surface area contributed by atoms with E-state index in [4.69, 9.17) is 18.4 Å². The highest BCUT2D eigenvalue weighted by molar-refractivity contribution is 5.39. The number of fused-ring (bicyclic) bond motifs is 3. The molecule has 0 amide bonds. The van der Waals surface area contributed by atoms with Gasteiger partial charge in [0.25, 0.3) is 0 Å². The van der Waals surface area contributed by atoms with E-state index in [1.807, 2.05) is 30.3 Å². The fourth-order valence-electron chi connectivity index (χ4n) is 5.48. The summed E-state index contributed by atoms with van der Waals surface area (Å²) in [6.07, 6.45) is 1.10. The molecule has 0 unspecified atom stereocenters. The van der Waals surface area contributed by atoms with Crippen molar-refractivity contribution >= 4 is 0 Å². The zero-order valence-electron chi connectivity index (χ0n) is 28.1. The van der Waals surface area contributed by atoms with Gasteiger partial charge in [-0.25, -0.2) is 0 Å². The maximum absolute atomic E-state index is 12.9. The predicted molar refractivity (Wildman–Crippen MR) is 128 cm³/mol. The van der Waals surface area contributed by atoms with Gasteiger partial charge < -0.3 is 14.3 Å². The molecular formula is C29H34NO2+. The van der Waals surface area contributed by atoms with E-state index in [-0.39, 0.29) is 0 Å². The van der Waals surface area contributed by atoms with Crippen LogP contribution in [0.3, 0.4) is 0 Å². The van der Waals surface area contributed by atoms with Crippen LogP contribution in [0.25, 0.3) is 0 Å². The van der Waals surface area contributed by atoms with Crippen molar-refractivity contribution in [2.75, 3.05) is 32.8 Å². The molecule has 0 spiro atoms. The van der Waals surface area contributed by atoms with E-state index in [0.29, 0.717) is 52.1 Å². The maximum Gasteiger partial charge on any atom is 0.121 e.